The van der Waals surface area contributed by atoms with Crippen molar-refractivity contribution < 1.29 is 4.79 Å². The van der Waals surface area contributed by atoms with Gasteiger partial charge < -0.3 is 9.80 Å². The minimum absolute atomic E-state index is 0.261. The molecule has 132 valence electrons. The van der Waals surface area contributed by atoms with Gasteiger partial charge in [-0.1, -0.05) is 0 Å². The Kier molecular flexibility index (Phi) is 5.71. The molecule has 1 aliphatic heterocycles. The van der Waals surface area contributed by atoms with Gasteiger partial charge in [0.25, 0.3) is 0 Å². The summed E-state index contributed by atoms with van der Waals surface area (Å²) in [5.74, 6) is 1.88. The van der Waals surface area contributed by atoms with Gasteiger partial charge in [-0.3, -0.25) is 9.69 Å². The first-order chi connectivity index (χ1) is 11.5. The molecule has 1 saturated heterocycles. The molecule has 24 heavy (non-hydrogen) atoms. The van der Waals surface area contributed by atoms with E-state index in [4.69, 9.17) is 0 Å². The van der Waals surface area contributed by atoms with Gasteiger partial charge >= 0.3 is 0 Å². The van der Waals surface area contributed by atoms with E-state index in [0.717, 1.165) is 30.1 Å². The second kappa shape index (κ2) is 7.78. The monoisotopic (exact) mass is 395 g/mol. The van der Waals surface area contributed by atoms with E-state index in [-0.39, 0.29) is 5.91 Å². The molecule has 0 N–H and O–H groups in total. The lowest BCUT2D eigenvalue weighted by Gasteiger charge is -2.41. The molecular weight excluding hydrogens is 370 g/mol. The van der Waals surface area contributed by atoms with Gasteiger partial charge in [-0.2, -0.15) is 0 Å². The van der Waals surface area contributed by atoms with Crippen molar-refractivity contribution in [3.63, 3.8) is 0 Å². The molecular formula is C17H26BrN5O. The van der Waals surface area contributed by atoms with Gasteiger partial charge in [0.1, 0.15) is 4.60 Å². The largest absolute Gasteiger partial charge is 0.358 e. The van der Waals surface area contributed by atoms with Crippen LogP contribution in [0, 0.1) is 5.92 Å². The Morgan fingerprint density at radius 3 is 2.58 bits per heavy atom. The molecule has 0 atom stereocenters. The zero-order valence-corrected chi connectivity index (χ0v) is 16.1. The van der Waals surface area contributed by atoms with E-state index in [1.807, 2.05) is 24.1 Å². The molecule has 1 amide bonds. The quantitative estimate of drug-likeness (QED) is 0.780. The molecule has 0 radical (unpaired) electrons. The number of amides is 1. The summed E-state index contributed by atoms with van der Waals surface area (Å²) in [7, 11) is 3.99. The van der Waals surface area contributed by atoms with E-state index in [1.54, 1.807) is 0 Å². The van der Waals surface area contributed by atoms with Crippen molar-refractivity contribution in [1.82, 2.24) is 20.0 Å². The highest BCUT2D eigenvalue weighted by Gasteiger charge is 2.30. The molecule has 1 aromatic heterocycles. The van der Waals surface area contributed by atoms with E-state index < -0.39 is 0 Å². The SMILES string of the molecule is CN1CCN(C2CCC(CN(C)c3ccc(Br)nn3)CC2)CC1=O. The molecule has 1 saturated carbocycles. The minimum Gasteiger partial charge on any atom is -0.358 e. The molecule has 0 aromatic carbocycles. The molecule has 3 rings (SSSR count). The highest BCUT2D eigenvalue weighted by molar-refractivity contribution is 9.10. The average Bonchev–Trinajstić information content (AvgIpc) is 2.58. The summed E-state index contributed by atoms with van der Waals surface area (Å²) in [5.41, 5.74) is 0. The van der Waals surface area contributed by atoms with Crippen LogP contribution in [0.15, 0.2) is 16.7 Å². The Labute approximate surface area is 152 Å². The Hall–Kier alpha value is -1.21. The highest BCUT2D eigenvalue weighted by atomic mass is 79.9. The van der Waals surface area contributed by atoms with E-state index >= 15 is 0 Å². The summed E-state index contributed by atoms with van der Waals surface area (Å²) in [5, 5.41) is 8.29. The van der Waals surface area contributed by atoms with E-state index in [9.17, 15) is 4.79 Å². The number of hydrogen-bond acceptors (Lipinski definition) is 5. The maximum atomic E-state index is 11.9. The van der Waals surface area contributed by atoms with Crippen LogP contribution in [0.2, 0.25) is 0 Å². The van der Waals surface area contributed by atoms with E-state index in [1.165, 1.54) is 25.7 Å². The number of hydrogen-bond donors (Lipinski definition) is 0. The fourth-order valence-electron chi connectivity index (χ4n) is 3.77. The zero-order chi connectivity index (χ0) is 17.1. The third kappa shape index (κ3) is 4.25. The van der Waals surface area contributed by atoms with Gasteiger partial charge in [-0.15, -0.1) is 10.2 Å². The maximum Gasteiger partial charge on any atom is 0.236 e. The summed E-state index contributed by atoms with van der Waals surface area (Å²) in [4.78, 5) is 18.3. The van der Waals surface area contributed by atoms with Crippen molar-refractivity contribution in [2.45, 2.75) is 31.7 Å². The average molecular weight is 396 g/mol. The Morgan fingerprint density at radius 2 is 1.96 bits per heavy atom. The van der Waals surface area contributed by atoms with Crippen LogP contribution in [0.4, 0.5) is 5.82 Å². The van der Waals surface area contributed by atoms with Gasteiger partial charge in [0, 0.05) is 39.8 Å². The number of aromatic nitrogens is 2. The number of anilines is 1. The predicted octanol–water partition coefficient (Wildman–Crippen LogP) is 2.01. The Morgan fingerprint density at radius 1 is 1.21 bits per heavy atom. The van der Waals surface area contributed by atoms with Gasteiger partial charge in [-0.05, 0) is 59.7 Å². The molecule has 0 spiro atoms. The van der Waals surface area contributed by atoms with Crippen molar-refractivity contribution in [2.75, 3.05) is 45.2 Å². The van der Waals surface area contributed by atoms with Crippen molar-refractivity contribution in [3.8, 4) is 0 Å². The van der Waals surface area contributed by atoms with Crippen molar-refractivity contribution in [1.29, 1.82) is 0 Å². The number of nitrogens with zero attached hydrogens (tertiary/aromatic N) is 5. The summed E-state index contributed by atoms with van der Waals surface area (Å²) >= 11 is 3.32. The normalized spacial score (nSPS) is 25.8. The van der Waals surface area contributed by atoms with Crippen LogP contribution in [0.5, 0.6) is 0 Å². The first kappa shape index (κ1) is 17.6. The predicted molar refractivity (Wildman–Crippen MR) is 98.0 cm³/mol. The summed E-state index contributed by atoms with van der Waals surface area (Å²) < 4.78 is 0.766. The van der Waals surface area contributed by atoms with E-state index in [2.05, 4.69) is 43.0 Å². The number of piperazine rings is 1. The van der Waals surface area contributed by atoms with Crippen molar-refractivity contribution >= 4 is 27.7 Å². The number of likely N-dealkylation sites (N-methyl/N-ethyl adjacent to an activating group) is 1. The number of halogens is 1. The van der Waals surface area contributed by atoms with Gasteiger partial charge in [0.2, 0.25) is 5.91 Å². The third-order valence-corrected chi connectivity index (χ3v) is 5.78. The standard InChI is InChI=1S/C17H26BrN5O/c1-21-9-10-23(12-17(21)24)14-5-3-13(4-6-14)11-22(2)16-8-7-15(18)19-20-16/h7-8,13-14H,3-6,9-12H2,1-2H3. The molecule has 2 heterocycles. The van der Waals surface area contributed by atoms with Crippen LogP contribution in [-0.4, -0.2) is 72.2 Å². The van der Waals surface area contributed by atoms with Crippen LogP contribution in [0.1, 0.15) is 25.7 Å². The summed E-state index contributed by atoms with van der Waals surface area (Å²) in [6.45, 7) is 3.50. The van der Waals surface area contributed by atoms with Crippen LogP contribution in [-0.2, 0) is 4.79 Å². The van der Waals surface area contributed by atoms with Crippen LogP contribution < -0.4 is 4.90 Å². The first-order valence-corrected chi connectivity index (χ1v) is 9.50. The van der Waals surface area contributed by atoms with Gasteiger partial charge in [0.15, 0.2) is 5.82 Å². The Balaban J connectivity index is 1.46. The lowest BCUT2D eigenvalue weighted by molar-refractivity contribution is -0.135. The minimum atomic E-state index is 0.261. The molecule has 7 heteroatoms. The van der Waals surface area contributed by atoms with Crippen LogP contribution in [0.3, 0.4) is 0 Å². The molecule has 6 nitrogen and oxygen atoms in total. The fraction of sp³-hybridized carbons (Fsp3) is 0.706. The topological polar surface area (TPSA) is 52.6 Å². The number of carbonyl (C=O) groups is 1. The zero-order valence-electron chi connectivity index (χ0n) is 14.5. The van der Waals surface area contributed by atoms with E-state index in [0.29, 0.717) is 18.5 Å². The molecule has 2 fully saturated rings. The second-order valence-electron chi connectivity index (χ2n) is 7.06. The van der Waals surface area contributed by atoms with Crippen molar-refractivity contribution in [2.24, 2.45) is 5.92 Å². The second-order valence-corrected chi connectivity index (χ2v) is 7.87. The lowest BCUT2D eigenvalue weighted by Crippen LogP contribution is -2.53. The summed E-state index contributed by atoms with van der Waals surface area (Å²) in [6.07, 6.45) is 4.84. The molecule has 0 bridgehead atoms. The summed E-state index contributed by atoms with van der Waals surface area (Å²) in [6, 6.07) is 4.51. The fourth-order valence-corrected chi connectivity index (χ4v) is 3.99. The Bertz CT molecular complexity index is 559. The van der Waals surface area contributed by atoms with Crippen LogP contribution in [0.25, 0.3) is 0 Å². The first-order valence-electron chi connectivity index (χ1n) is 8.71. The van der Waals surface area contributed by atoms with Gasteiger partial charge in [-0.25, -0.2) is 0 Å². The number of rotatable bonds is 4. The number of carbonyl (C=O) groups excluding carboxylic acids is 1. The van der Waals surface area contributed by atoms with Crippen molar-refractivity contribution in [3.05, 3.63) is 16.7 Å². The third-order valence-electron chi connectivity index (χ3n) is 5.36. The molecule has 1 aromatic rings. The maximum absolute atomic E-state index is 11.9. The van der Waals surface area contributed by atoms with Gasteiger partial charge in [0.05, 0.1) is 6.54 Å². The lowest BCUT2D eigenvalue weighted by atomic mass is 9.84. The smallest absolute Gasteiger partial charge is 0.236 e. The molecule has 2 aliphatic rings. The molecule has 0 unspecified atom stereocenters. The molecule has 1 aliphatic carbocycles. The highest BCUT2D eigenvalue weighted by Crippen LogP contribution is 2.29. The van der Waals surface area contributed by atoms with Crippen LogP contribution >= 0.6 is 15.9 Å².